The molecule has 0 radical (unpaired) electrons. The number of esters is 3. The van der Waals surface area contributed by atoms with E-state index in [0.29, 0.717) is 19.3 Å². The van der Waals surface area contributed by atoms with E-state index in [1.165, 1.54) is 89.9 Å². The van der Waals surface area contributed by atoms with Crippen molar-refractivity contribution >= 4 is 25.7 Å². The van der Waals surface area contributed by atoms with Gasteiger partial charge in [0.2, 0.25) is 0 Å². The summed E-state index contributed by atoms with van der Waals surface area (Å²) in [6.45, 7) is 4.50. The van der Waals surface area contributed by atoms with Gasteiger partial charge in [0.05, 0.1) is 19.8 Å². The van der Waals surface area contributed by atoms with Crippen molar-refractivity contribution in [2.75, 3.05) is 26.4 Å². The van der Waals surface area contributed by atoms with E-state index in [9.17, 15) is 28.9 Å². The monoisotopic (exact) mass is 927 g/mol. The average Bonchev–Trinajstić information content (AvgIpc) is 3.28. The summed E-state index contributed by atoms with van der Waals surface area (Å²) in [6, 6.07) is 0. The smallest absolute Gasteiger partial charge is 0.462 e. The molecular weight excluding hydrogens is 832 g/mol. The number of rotatable bonds is 48. The lowest BCUT2D eigenvalue weighted by Gasteiger charge is -2.21. The summed E-state index contributed by atoms with van der Waals surface area (Å²) in [5.41, 5.74) is 0. The number of hydrogen-bond acceptors (Lipinski definition) is 10. The van der Waals surface area contributed by atoms with E-state index in [2.05, 4.69) is 57.2 Å². The summed E-state index contributed by atoms with van der Waals surface area (Å²) < 4.78 is 39.3. The Morgan fingerprint density at radius 1 is 0.453 bits per heavy atom. The number of carbonyl (C=O) groups excluding carboxylic acids is 3. The molecule has 0 aromatic heterocycles. The molecule has 0 amide bonds. The van der Waals surface area contributed by atoms with Crippen LogP contribution in [-0.2, 0) is 42.2 Å². The van der Waals surface area contributed by atoms with Gasteiger partial charge in [0.1, 0.15) is 12.7 Å². The van der Waals surface area contributed by atoms with Crippen LogP contribution in [0.25, 0.3) is 0 Å². The van der Waals surface area contributed by atoms with Crippen LogP contribution in [0.2, 0.25) is 0 Å². The lowest BCUT2D eigenvalue weighted by atomic mass is 10.1. The number of phosphoric ester groups is 1. The number of ether oxygens (including phenoxy) is 3. The van der Waals surface area contributed by atoms with E-state index in [-0.39, 0.29) is 25.9 Å². The molecule has 0 rings (SSSR count). The van der Waals surface area contributed by atoms with Crippen LogP contribution in [0.1, 0.15) is 239 Å². The summed E-state index contributed by atoms with van der Waals surface area (Å²) in [7, 11) is -4.74. The Balaban J connectivity index is 4.75. The summed E-state index contributed by atoms with van der Waals surface area (Å²) in [6.07, 6.45) is 45.4. The van der Waals surface area contributed by atoms with Crippen molar-refractivity contribution in [3.8, 4) is 0 Å². The van der Waals surface area contributed by atoms with Crippen LogP contribution in [0.15, 0.2) is 36.5 Å². The van der Waals surface area contributed by atoms with Gasteiger partial charge in [-0.2, -0.15) is 0 Å². The minimum absolute atomic E-state index is 0.152. The second-order valence-electron chi connectivity index (χ2n) is 17.3. The normalized spacial score (nSPS) is 13.8. The van der Waals surface area contributed by atoms with Crippen molar-refractivity contribution < 1.29 is 52.2 Å². The van der Waals surface area contributed by atoms with Crippen molar-refractivity contribution in [1.82, 2.24) is 0 Å². The van der Waals surface area contributed by atoms with Crippen LogP contribution in [0, 0.1) is 0 Å². The molecule has 0 aliphatic rings. The van der Waals surface area contributed by atoms with Gasteiger partial charge >= 0.3 is 25.7 Å². The first kappa shape index (κ1) is 61.7. The predicted molar refractivity (Wildman–Crippen MR) is 261 cm³/mol. The van der Waals surface area contributed by atoms with Crippen molar-refractivity contribution in [1.29, 1.82) is 0 Å². The second kappa shape index (κ2) is 47.2. The van der Waals surface area contributed by atoms with Crippen LogP contribution >= 0.6 is 7.82 Å². The minimum atomic E-state index is -4.74. The molecule has 2 N–H and O–H groups in total. The molecule has 0 aliphatic carbocycles. The highest BCUT2D eigenvalue weighted by Crippen LogP contribution is 2.43. The van der Waals surface area contributed by atoms with Gasteiger partial charge < -0.3 is 24.2 Å². The molecule has 0 saturated heterocycles. The molecule has 64 heavy (non-hydrogen) atoms. The molecule has 0 heterocycles. The van der Waals surface area contributed by atoms with Crippen molar-refractivity contribution in [3.63, 3.8) is 0 Å². The van der Waals surface area contributed by atoms with Gasteiger partial charge in [-0.25, -0.2) is 4.57 Å². The first-order chi connectivity index (χ1) is 31.2. The molecule has 12 heteroatoms. The highest BCUT2D eigenvalue weighted by Gasteiger charge is 2.28. The Morgan fingerprint density at radius 3 is 1.25 bits per heavy atom. The molecule has 3 atom stereocenters. The maximum absolute atomic E-state index is 12.8. The van der Waals surface area contributed by atoms with Gasteiger partial charge in [0.25, 0.3) is 0 Å². The van der Waals surface area contributed by atoms with Crippen LogP contribution < -0.4 is 0 Å². The van der Waals surface area contributed by atoms with E-state index >= 15 is 0 Å². The Labute approximate surface area is 390 Å². The average molecular weight is 927 g/mol. The Hall–Kier alpha value is -2.30. The summed E-state index contributed by atoms with van der Waals surface area (Å²) in [4.78, 5) is 48.2. The fourth-order valence-corrected chi connectivity index (χ4v) is 7.92. The lowest BCUT2D eigenvalue weighted by Crippen LogP contribution is -2.30. The van der Waals surface area contributed by atoms with Gasteiger partial charge in [-0.15, -0.1) is 0 Å². The highest BCUT2D eigenvalue weighted by molar-refractivity contribution is 7.47. The zero-order chi connectivity index (χ0) is 47.0. The summed E-state index contributed by atoms with van der Waals surface area (Å²) in [5, 5.41) is 9.75. The maximum Gasteiger partial charge on any atom is 0.472 e. The third-order valence-electron chi connectivity index (χ3n) is 11.1. The molecular formula is C52H95O11P. The highest BCUT2D eigenvalue weighted by atomic mass is 31.2. The van der Waals surface area contributed by atoms with E-state index in [0.717, 1.165) is 89.9 Å². The standard InChI is InChI=1S/C52H95O11P/c1-4-7-10-13-16-19-22-23-24-25-28-31-34-37-40-43-52(56)63-49(45-59-50(54)41-38-35-32-29-26-20-17-14-11-8-5-2)47-61-64(57,58)60-46-48(44-53)62-51(55)42-39-36-33-30-27-21-18-15-12-9-6-3/h7,10,16,19,23-24,48-49,53H,4-6,8-9,11-15,17-18,20-22,25-47H2,1-3H3,(H,57,58)/b10-7-,19-16-,24-23-. The fraction of sp³-hybridized carbons (Fsp3) is 0.827. The number of aliphatic hydroxyl groups is 1. The quantitative estimate of drug-likeness (QED) is 0.0197. The Bertz CT molecular complexity index is 1220. The van der Waals surface area contributed by atoms with E-state index in [4.69, 9.17) is 23.3 Å². The molecule has 0 fully saturated rings. The number of unbranched alkanes of at least 4 members (excludes halogenated alkanes) is 25. The fourth-order valence-electron chi connectivity index (χ4n) is 7.14. The SMILES string of the molecule is CC/C=C\C/C=C\C/C=C\CCCCCCCC(=O)OC(COC(=O)CCCCCCCCCCCCC)COP(=O)(O)OCC(CO)OC(=O)CCCCCCCCCCCCC. The summed E-state index contributed by atoms with van der Waals surface area (Å²) in [5.74, 6) is -1.47. The zero-order valence-electron chi connectivity index (χ0n) is 41.0. The minimum Gasteiger partial charge on any atom is -0.462 e. The molecule has 0 bridgehead atoms. The van der Waals surface area contributed by atoms with Gasteiger partial charge in [-0.1, -0.05) is 205 Å². The largest absolute Gasteiger partial charge is 0.472 e. The number of phosphoric acid groups is 1. The van der Waals surface area contributed by atoms with E-state index in [1.807, 2.05) is 0 Å². The van der Waals surface area contributed by atoms with Crippen LogP contribution in [0.4, 0.5) is 0 Å². The number of aliphatic hydroxyl groups excluding tert-OH is 1. The first-order valence-corrected chi connectivity index (χ1v) is 27.4. The van der Waals surface area contributed by atoms with E-state index < -0.39 is 57.8 Å². The maximum atomic E-state index is 12.8. The van der Waals surface area contributed by atoms with Gasteiger partial charge in [-0.05, 0) is 51.4 Å². The van der Waals surface area contributed by atoms with Crippen LogP contribution in [0.3, 0.4) is 0 Å². The lowest BCUT2D eigenvalue weighted by molar-refractivity contribution is -0.161. The molecule has 0 aromatic carbocycles. The van der Waals surface area contributed by atoms with Crippen molar-refractivity contribution in [2.24, 2.45) is 0 Å². The molecule has 0 aromatic rings. The van der Waals surface area contributed by atoms with E-state index in [1.54, 1.807) is 0 Å². The number of hydrogen-bond donors (Lipinski definition) is 2. The molecule has 374 valence electrons. The zero-order valence-corrected chi connectivity index (χ0v) is 41.9. The van der Waals surface area contributed by atoms with Gasteiger partial charge in [0, 0.05) is 19.3 Å². The summed E-state index contributed by atoms with van der Waals surface area (Å²) >= 11 is 0. The topological polar surface area (TPSA) is 155 Å². The molecule has 0 aliphatic heterocycles. The third kappa shape index (κ3) is 44.9. The number of allylic oxidation sites excluding steroid dienone is 6. The van der Waals surface area contributed by atoms with Crippen molar-refractivity contribution in [2.45, 2.75) is 251 Å². The molecule has 0 saturated carbocycles. The Kier molecular flexibility index (Phi) is 45.5. The van der Waals surface area contributed by atoms with Crippen LogP contribution in [0.5, 0.6) is 0 Å². The first-order valence-electron chi connectivity index (χ1n) is 25.9. The second-order valence-corrected chi connectivity index (χ2v) is 18.8. The molecule has 3 unspecified atom stereocenters. The van der Waals surface area contributed by atoms with Crippen LogP contribution in [-0.4, -0.2) is 66.5 Å². The van der Waals surface area contributed by atoms with Crippen molar-refractivity contribution in [3.05, 3.63) is 36.5 Å². The van der Waals surface area contributed by atoms with Gasteiger partial charge in [0.15, 0.2) is 6.10 Å². The molecule has 11 nitrogen and oxygen atoms in total. The number of carbonyl (C=O) groups is 3. The predicted octanol–water partition coefficient (Wildman–Crippen LogP) is 14.5. The Morgan fingerprint density at radius 2 is 0.812 bits per heavy atom. The third-order valence-corrected chi connectivity index (χ3v) is 12.0. The molecule has 0 spiro atoms. The van der Waals surface area contributed by atoms with Gasteiger partial charge in [-0.3, -0.25) is 23.4 Å².